The van der Waals surface area contributed by atoms with Crippen LogP contribution in [0.25, 0.3) is 0 Å². The average molecular weight is 167 g/mol. The second-order valence-electron chi connectivity index (χ2n) is 3.11. The number of hydrogen-bond acceptors (Lipinski definition) is 4. The number of nitrogens with two attached hydrogens (primary N) is 1. The van der Waals surface area contributed by atoms with Gasteiger partial charge in [0, 0.05) is 20.1 Å². The Balaban J connectivity index is 2.26. The predicted molar refractivity (Wildman–Crippen MR) is 46.9 cm³/mol. The Bertz CT molecular complexity index is 273. The number of aromatic nitrogens is 3. The van der Waals surface area contributed by atoms with Crippen molar-refractivity contribution in [3.63, 3.8) is 0 Å². The molecule has 0 atom stereocenters. The summed E-state index contributed by atoms with van der Waals surface area (Å²) in [7, 11) is 1.89. The molecule has 2 N–H and O–H groups in total. The lowest BCUT2D eigenvalue weighted by molar-refractivity contribution is 0.827. The van der Waals surface area contributed by atoms with Crippen molar-refractivity contribution < 1.29 is 0 Å². The molecule has 0 bridgehead atoms. The Morgan fingerprint density at radius 2 is 1.92 bits per heavy atom. The normalized spacial score (nSPS) is 17.2. The van der Waals surface area contributed by atoms with Gasteiger partial charge >= 0.3 is 0 Å². The molecule has 1 aliphatic rings. The molecule has 5 nitrogen and oxygen atoms in total. The van der Waals surface area contributed by atoms with E-state index < -0.39 is 0 Å². The Morgan fingerprint density at radius 3 is 2.42 bits per heavy atom. The fourth-order valence-electron chi connectivity index (χ4n) is 1.53. The summed E-state index contributed by atoms with van der Waals surface area (Å²) in [6, 6.07) is 0. The number of anilines is 2. The molecule has 0 amide bonds. The van der Waals surface area contributed by atoms with Gasteiger partial charge in [-0.2, -0.15) is 0 Å². The monoisotopic (exact) mass is 167 g/mol. The average Bonchev–Trinajstić information content (AvgIpc) is 2.64. The van der Waals surface area contributed by atoms with Crippen LogP contribution in [-0.2, 0) is 7.05 Å². The minimum atomic E-state index is 0.483. The van der Waals surface area contributed by atoms with Crippen LogP contribution in [0.3, 0.4) is 0 Å². The fourth-order valence-corrected chi connectivity index (χ4v) is 1.53. The quantitative estimate of drug-likeness (QED) is 0.639. The van der Waals surface area contributed by atoms with Crippen molar-refractivity contribution in [3.8, 4) is 0 Å². The van der Waals surface area contributed by atoms with E-state index in [-0.39, 0.29) is 0 Å². The van der Waals surface area contributed by atoms with Crippen molar-refractivity contribution in [1.82, 2.24) is 14.8 Å². The largest absolute Gasteiger partial charge is 0.368 e. The molecule has 2 heterocycles. The molecule has 1 aromatic rings. The first-order chi connectivity index (χ1) is 5.79. The van der Waals surface area contributed by atoms with E-state index in [9.17, 15) is 0 Å². The van der Waals surface area contributed by atoms with Gasteiger partial charge in [0.2, 0.25) is 11.9 Å². The van der Waals surface area contributed by atoms with Gasteiger partial charge in [-0.1, -0.05) is 0 Å². The summed E-state index contributed by atoms with van der Waals surface area (Å²) in [6.45, 7) is 2.15. The number of rotatable bonds is 1. The van der Waals surface area contributed by atoms with E-state index in [4.69, 9.17) is 5.73 Å². The zero-order valence-corrected chi connectivity index (χ0v) is 7.19. The summed E-state index contributed by atoms with van der Waals surface area (Å²) >= 11 is 0. The van der Waals surface area contributed by atoms with Gasteiger partial charge in [-0.05, 0) is 12.8 Å². The number of nitrogens with zero attached hydrogens (tertiary/aromatic N) is 4. The molecular weight excluding hydrogens is 154 g/mol. The van der Waals surface area contributed by atoms with E-state index in [1.165, 1.54) is 12.8 Å². The zero-order valence-electron chi connectivity index (χ0n) is 7.19. The third-order valence-corrected chi connectivity index (χ3v) is 2.27. The highest BCUT2D eigenvalue weighted by Crippen LogP contribution is 2.17. The molecule has 2 rings (SSSR count). The lowest BCUT2D eigenvalue weighted by Gasteiger charge is -2.14. The van der Waals surface area contributed by atoms with Gasteiger partial charge in [-0.25, -0.2) is 0 Å². The van der Waals surface area contributed by atoms with Crippen molar-refractivity contribution >= 4 is 11.9 Å². The van der Waals surface area contributed by atoms with Crippen LogP contribution in [0.5, 0.6) is 0 Å². The van der Waals surface area contributed by atoms with Gasteiger partial charge in [-0.15, -0.1) is 10.2 Å². The Kier molecular flexibility index (Phi) is 1.64. The lowest BCUT2D eigenvalue weighted by Crippen LogP contribution is -2.21. The highest BCUT2D eigenvalue weighted by Gasteiger charge is 2.17. The summed E-state index contributed by atoms with van der Waals surface area (Å²) < 4.78 is 1.82. The highest BCUT2D eigenvalue weighted by atomic mass is 15.4. The van der Waals surface area contributed by atoms with E-state index in [1.54, 1.807) is 0 Å². The van der Waals surface area contributed by atoms with Gasteiger partial charge < -0.3 is 10.6 Å². The molecule has 1 aromatic heterocycles. The van der Waals surface area contributed by atoms with E-state index in [0.29, 0.717) is 5.95 Å². The summed E-state index contributed by atoms with van der Waals surface area (Å²) in [4.78, 5) is 2.21. The van der Waals surface area contributed by atoms with Crippen LogP contribution in [0, 0.1) is 0 Å². The predicted octanol–water partition coefficient (Wildman–Crippen LogP) is -0.00250. The lowest BCUT2D eigenvalue weighted by atomic mass is 10.4. The molecule has 0 saturated carbocycles. The van der Waals surface area contributed by atoms with Crippen molar-refractivity contribution in [3.05, 3.63) is 0 Å². The Morgan fingerprint density at radius 1 is 1.25 bits per heavy atom. The first kappa shape index (κ1) is 7.39. The maximum atomic E-state index is 5.57. The van der Waals surface area contributed by atoms with E-state index >= 15 is 0 Å². The SMILES string of the molecule is Cn1c(N)nnc1N1CCCC1. The topological polar surface area (TPSA) is 60.0 Å². The molecule has 0 spiro atoms. The van der Waals surface area contributed by atoms with Crippen molar-refractivity contribution in [2.75, 3.05) is 23.7 Å². The number of hydrogen-bond donors (Lipinski definition) is 1. The molecule has 0 aliphatic carbocycles. The van der Waals surface area contributed by atoms with Crippen molar-refractivity contribution in [2.45, 2.75) is 12.8 Å². The van der Waals surface area contributed by atoms with E-state index in [1.807, 2.05) is 11.6 Å². The molecular formula is C7H13N5. The Hall–Kier alpha value is -1.26. The van der Waals surface area contributed by atoms with Gasteiger partial charge in [-0.3, -0.25) is 4.57 Å². The number of nitrogen functional groups attached to an aromatic ring is 1. The van der Waals surface area contributed by atoms with Crippen molar-refractivity contribution in [2.24, 2.45) is 7.05 Å². The van der Waals surface area contributed by atoms with Gasteiger partial charge in [0.1, 0.15) is 0 Å². The van der Waals surface area contributed by atoms with Gasteiger partial charge in [0.05, 0.1) is 0 Å². The minimum absolute atomic E-state index is 0.483. The third kappa shape index (κ3) is 1.01. The minimum Gasteiger partial charge on any atom is -0.368 e. The van der Waals surface area contributed by atoms with Gasteiger partial charge in [0.15, 0.2) is 0 Å². The summed E-state index contributed by atoms with van der Waals surface area (Å²) in [5.74, 6) is 1.38. The third-order valence-electron chi connectivity index (χ3n) is 2.27. The van der Waals surface area contributed by atoms with Crippen LogP contribution >= 0.6 is 0 Å². The summed E-state index contributed by atoms with van der Waals surface area (Å²) in [6.07, 6.45) is 2.49. The molecule has 1 saturated heterocycles. The van der Waals surface area contributed by atoms with Crippen LogP contribution in [0.1, 0.15) is 12.8 Å². The maximum Gasteiger partial charge on any atom is 0.228 e. The van der Waals surface area contributed by atoms with Gasteiger partial charge in [0.25, 0.3) is 0 Å². The maximum absolute atomic E-state index is 5.57. The molecule has 1 fully saturated rings. The summed E-state index contributed by atoms with van der Waals surface area (Å²) in [5, 5.41) is 7.82. The smallest absolute Gasteiger partial charge is 0.228 e. The Labute approximate surface area is 71.2 Å². The van der Waals surface area contributed by atoms with Crippen LogP contribution in [0.4, 0.5) is 11.9 Å². The van der Waals surface area contributed by atoms with Crippen molar-refractivity contribution in [1.29, 1.82) is 0 Å². The molecule has 5 heteroatoms. The standard InChI is InChI=1S/C7H13N5/c1-11-6(8)9-10-7(11)12-4-2-3-5-12/h2-5H2,1H3,(H2,8,9). The van der Waals surface area contributed by atoms with Crippen LogP contribution in [-0.4, -0.2) is 27.9 Å². The van der Waals surface area contributed by atoms with Crippen LogP contribution < -0.4 is 10.6 Å². The zero-order chi connectivity index (χ0) is 8.55. The first-order valence-electron chi connectivity index (χ1n) is 4.19. The second-order valence-corrected chi connectivity index (χ2v) is 3.11. The summed E-state index contributed by atoms with van der Waals surface area (Å²) in [5.41, 5.74) is 5.57. The molecule has 0 aromatic carbocycles. The van der Waals surface area contributed by atoms with Crippen LogP contribution in [0.2, 0.25) is 0 Å². The van der Waals surface area contributed by atoms with E-state index in [2.05, 4.69) is 15.1 Å². The second kappa shape index (κ2) is 2.66. The molecule has 12 heavy (non-hydrogen) atoms. The first-order valence-corrected chi connectivity index (χ1v) is 4.19. The molecule has 0 unspecified atom stereocenters. The molecule has 1 aliphatic heterocycles. The fraction of sp³-hybridized carbons (Fsp3) is 0.714. The van der Waals surface area contributed by atoms with E-state index in [0.717, 1.165) is 19.0 Å². The van der Waals surface area contributed by atoms with Crippen LogP contribution in [0.15, 0.2) is 0 Å². The highest BCUT2D eigenvalue weighted by molar-refractivity contribution is 5.37. The molecule has 66 valence electrons. The molecule has 0 radical (unpaired) electrons.